The van der Waals surface area contributed by atoms with Crippen LogP contribution >= 0.6 is 22.7 Å². The number of hydrogen-bond acceptors (Lipinski definition) is 3. The van der Waals surface area contributed by atoms with E-state index in [1.54, 1.807) is 22.7 Å². The number of hydrogen-bond donors (Lipinski definition) is 1. The van der Waals surface area contributed by atoms with Crippen LogP contribution in [0.4, 0.5) is 0 Å². The first-order chi connectivity index (χ1) is 8.20. The van der Waals surface area contributed by atoms with Crippen molar-refractivity contribution in [3.05, 3.63) is 44.3 Å². The molecule has 1 amide bonds. The molecule has 90 valence electrons. The SMILES string of the molecule is CCc1ccc(C(=O)NC(C)c2cccs2)s1. The van der Waals surface area contributed by atoms with Crippen LogP contribution in [0.3, 0.4) is 0 Å². The van der Waals surface area contributed by atoms with E-state index in [1.165, 1.54) is 9.75 Å². The Balaban J connectivity index is 2.01. The number of amides is 1. The fraction of sp³-hybridized carbons (Fsp3) is 0.308. The molecule has 0 saturated heterocycles. The molecule has 0 radical (unpaired) electrons. The Labute approximate surface area is 109 Å². The van der Waals surface area contributed by atoms with Gasteiger partial charge in [0.25, 0.3) is 5.91 Å². The average molecular weight is 265 g/mol. The zero-order valence-corrected chi connectivity index (χ0v) is 11.5. The summed E-state index contributed by atoms with van der Waals surface area (Å²) < 4.78 is 0. The molecule has 2 rings (SSSR count). The van der Waals surface area contributed by atoms with Gasteiger partial charge in [-0.1, -0.05) is 13.0 Å². The van der Waals surface area contributed by atoms with Crippen LogP contribution in [0.2, 0.25) is 0 Å². The summed E-state index contributed by atoms with van der Waals surface area (Å²) in [6.07, 6.45) is 0.985. The maximum Gasteiger partial charge on any atom is 0.261 e. The second-order valence-corrected chi connectivity index (χ2v) is 5.98. The van der Waals surface area contributed by atoms with Gasteiger partial charge in [-0.2, -0.15) is 0 Å². The van der Waals surface area contributed by atoms with Crippen molar-refractivity contribution in [2.24, 2.45) is 0 Å². The standard InChI is InChI=1S/C13H15NOS2/c1-3-10-6-7-12(17-10)13(15)14-9(2)11-5-4-8-16-11/h4-9H,3H2,1-2H3,(H,14,15). The molecule has 0 aliphatic heterocycles. The molecule has 2 aromatic rings. The molecule has 4 heteroatoms. The van der Waals surface area contributed by atoms with E-state index in [2.05, 4.69) is 12.2 Å². The topological polar surface area (TPSA) is 29.1 Å². The van der Waals surface area contributed by atoms with E-state index in [-0.39, 0.29) is 11.9 Å². The lowest BCUT2D eigenvalue weighted by atomic mass is 10.2. The molecule has 0 aliphatic carbocycles. The Kier molecular flexibility index (Phi) is 3.97. The molecule has 2 aromatic heterocycles. The van der Waals surface area contributed by atoms with Crippen LogP contribution in [-0.2, 0) is 6.42 Å². The van der Waals surface area contributed by atoms with E-state index < -0.39 is 0 Å². The highest BCUT2D eigenvalue weighted by Crippen LogP contribution is 2.21. The maximum atomic E-state index is 12.0. The van der Waals surface area contributed by atoms with Gasteiger partial charge >= 0.3 is 0 Å². The quantitative estimate of drug-likeness (QED) is 0.893. The van der Waals surface area contributed by atoms with Crippen LogP contribution in [0, 0.1) is 0 Å². The third kappa shape index (κ3) is 2.96. The number of carbonyl (C=O) groups is 1. The number of rotatable bonds is 4. The van der Waals surface area contributed by atoms with Crippen LogP contribution in [0.25, 0.3) is 0 Å². The van der Waals surface area contributed by atoms with Crippen LogP contribution in [-0.4, -0.2) is 5.91 Å². The van der Waals surface area contributed by atoms with Gasteiger partial charge in [0.2, 0.25) is 0 Å². The molecule has 1 unspecified atom stereocenters. The minimum absolute atomic E-state index is 0.0237. The van der Waals surface area contributed by atoms with Crippen molar-refractivity contribution in [3.8, 4) is 0 Å². The smallest absolute Gasteiger partial charge is 0.261 e. The summed E-state index contributed by atoms with van der Waals surface area (Å²) in [4.78, 5) is 15.2. The van der Waals surface area contributed by atoms with Gasteiger partial charge in [0, 0.05) is 9.75 Å². The third-order valence-electron chi connectivity index (χ3n) is 2.55. The molecular formula is C13H15NOS2. The first-order valence-corrected chi connectivity index (χ1v) is 7.33. The van der Waals surface area contributed by atoms with Gasteiger partial charge < -0.3 is 5.32 Å². The predicted molar refractivity (Wildman–Crippen MR) is 73.9 cm³/mol. The van der Waals surface area contributed by atoms with E-state index in [0.29, 0.717) is 0 Å². The molecule has 0 bridgehead atoms. The Morgan fingerprint density at radius 2 is 2.24 bits per heavy atom. The van der Waals surface area contributed by atoms with Crippen molar-refractivity contribution < 1.29 is 4.79 Å². The van der Waals surface area contributed by atoms with Crippen molar-refractivity contribution in [2.75, 3.05) is 0 Å². The third-order valence-corrected chi connectivity index (χ3v) is 4.83. The minimum Gasteiger partial charge on any atom is -0.344 e. The lowest BCUT2D eigenvalue weighted by Gasteiger charge is -2.10. The molecule has 0 fully saturated rings. The lowest BCUT2D eigenvalue weighted by molar-refractivity contribution is 0.0944. The molecule has 1 N–H and O–H groups in total. The molecule has 17 heavy (non-hydrogen) atoms. The number of carbonyl (C=O) groups excluding carboxylic acids is 1. The van der Waals surface area contributed by atoms with Gasteiger partial charge in [-0.05, 0) is 36.9 Å². The van der Waals surface area contributed by atoms with Gasteiger partial charge in [0.05, 0.1) is 10.9 Å². The van der Waals surface area contributed by atoms with Crippen molar-refractivity contribution >= 4 is 28.6 Å². The Morgan fingerprint density at radius 3 is 2.82 bits per heavy atom. The summed E-state index contributed by atoms with van der Waals surface area (Å²) in [5.41, 5.74) is 0. The highest BCUT2D eigenvalue weighted by molar-refractivity contribution is 7.14. The minimum atomic E-state index is 0.0237. The van der Waals surface area contributed by atoms with E-state index in [1.807, 2.05) is 36.6 Å². The molecule has 1 atom stereocenters. The largest absolute Gasteiger partial charge is 0.344 e. The first kappa shape index (κ1) is 12.3. The molecule has 0 aromatic carbocycles. The summed E-state index contributed by atoms with van der Waals surface area (Å²) in [5, 5.41) is 5.04. The van der Waals surface area contributed by atoms with E-state index >= 15 is 0 Å². The Bertz CT molecular complexity index is 487. The zero-order valence-electron chi connectivity index (χ0n) is 9.90. The fourth-order valence-electron chi connectivity index (χ4n) is 1.57. The highest BCUT2D eigenvalue weighted by atomic mass is 32.1. The summed E-state index contributed by atoms with van der Waals surface area (Å²) in [6, 6.07) is 8.05. The van der Waals surface area contributed by atoms with Gasteiger partial charge in [-0.15, -0.1) is 22.7 Å². The number of aryl methyl sites for hydroxylation is 1. The molecule has 0 saturated carbocycles. The van der Waals surface area contributed by atoms with Crippen LogP contribution in [0.15, 0.2) is 29.6 Å². The molecule has 0 spiro atoms. The normalized spacial score (nSPS) is 12.4. The van der Waals surface area contributed by atoms with Crippen molar-refractivity contribution in [1.82, 2.24) is 5.32 Å². The zero-order chi connectivity index (χ0) is 12.3. The molecule has 2 nitrogen and oxygen atoms in total. The van der Waals surface area contributed by atoms with Gasteiger partial charge in [0.15, 0.2) is 0 Å². The molecular weight excluding hydrogens is 250 g/mol. The maximum absolute atomic E-state index is 12.0. The van der Waals surface area contributed by atoms with E-state index in [0.717, 1.165) is 11.3 Å². The van der Waals surface area contributed by atoms with Gasteiger partial charge in [0.1, 0.15) is 0 Å². The second kappa shape index (κ2) is 5.47. The van der Waals surface area contributed by atoms with Crippen LogP contribution in [0.1, 0.15) is 39.3 Å². The van der Waals surface area contributed by atoms with E-state index in [4.69, 9.17) is 0 Å². The molecule has 2 heterocycles. The Hall–Kier alpha value is -1.13. The van der Waals surface area contributed by atoms with Gasteiger partial charge in [-0.3, -0.25) is 4.79 Å². The summed E-state index contributed by atoms with van der Waals surface area (Å²) in [5.74, 6) is 0.0237. The van der Waals surface area contributed by atoms with Crippen LogP contribution < -0.4 is 5.32 Å². The number of thiophene rings is 2. The van der Waals surface area contributed by atoms with Crippen LogP contribution in [0.5, 0.6) is 0 Å². The summed E-state index contributed by atoms with van der Waals surface area (Å²) in [7, 11) is 0. The monoisotopic (exact) mass is 265 g/mol. The lowest BCUT2D eigenvalue weighted by Crippen LogP contribution is -2.25. The summed E-state index contributed by atoms with van der Waals surface area (Å²) in [6.45, 7) is 4.11. The molecule has 0 aliphatic rings. The van der Waals surface area contributed by atoms with Crippen molar-refractivity contribution in [3.63, 3.8) is 0 Å². The van der Waals surface area contributed by atoms with Gasteiger partial charge in [-0.25, -0.2) is 0 Å². The Morgan fingerprint density at radius 1 is 1.41 bits per heavy atom. The van der Waals surface area contributed by atoms with E-state index in [9.17, 15) is 4.79 Å². The average Bonchev–Trinajstić information content (AvgIpc) is 3.00. The first-order valence-electron chi connectivity index (χ1n) is 5.63. The fourth-order valence-corrected chi connectivity index (χ4v) is 3.15. The second-order valence-electron chi connectivity index (χ2n) is 3.83. The van der Waals surface area contributed by atoms with Crippen molar-refractivity contribution in [2.45, 2.75) is 26.3 Å². The van der Waals surface area contributed by atoms with Crippen molar-refractivity contribution in [1.29, 1.82) is 0 Å². The number of nitrogens with one attached hydrogen (secondary N) is 1. The highest BCUT2D eigenvalue weighted by Gasteiger charge is 2.13. The summed E-state index contributed by atoms with van der Waals surface area (Å²) >= 11 is 3.24. The predicted octanol–water partition coefficient (Wildman–Crippen LogP) is 3.86.